The first-order valence-corrected chi connectivity index (χ1v) is 8.66. The lowest BCUT2D eigenvalue weighted by molar-refractivity contribution is -0.386. The molecule has 2 fully saturated rings. The minimum atomic E-state index is -0.741. The Morgan fingerprint density at radius 2 is 1.93 bits per heavy atom. The first-order chi connectivity index (χ1) is 12.9. The molecule has 0 spiro atoms. The van der Waals surface area contributed by atoms with Crippen LogP contribution in [0.4, 0.5) is 5.69 Å². The second-order valence-electron chi connectivity index (χ2n) is 6.81. The molecular weight excluding hydrogens is 354 g/mol. The molecule has 27 heavy (non-hydrogen) atoms. The number of carbonyl (C=O) groups is 2. The van der Waals surface area contributed by atoms with Gasteiger partial charge in [-0.1, -0.05) is 12.2 Å². The summed E-state index contributed by atoms with van der Waals surface area (Å²) in [5.74, 6) is -1.88. The van der Waals surface area contributed by atoms with Gasteiger partial charge in [-0.15, -0.1) is 0 Å². The quantitative estimate of drug-likeness (QED) is 0.277. The first kappa shape index (κ1) is 17.2. The Hall–Kier alpha value is -3.23. The van der Waals surface area contributed by atoms with Gasteiger partial charge in [0.2, 0.25) is 5.75 Å². The van der Waals surface area contributed by atoms with E-state index >= 15 is 0 Å². The van der Waals surface area contributed by atoms with Crippen LogP contribution in [0, 0.1) is 33.8 Å². The standard InChI is InChI=1S/C18H17N3O6/c1-2-27-13-6-9(5-12(16(13)22)21(25)26)8-19-20-17(23)14-10-3-4-11(7-10)15(14)18(20)24/h3-6,8,10-11,14-15,22H,2,7H2,1H3. The number of nitro groups is 1. The van der Waals surface area contributed by atoms with Crippen molar-refractivity contribution in [3.8, 4) is 11.5 Å². The van der Waals surface area contributed by atoms with E-state index in [4.69, 9.17) is 4.74 Å². The predicted octanol–water partition coefficient (Wildman–Crippen LogP) is 1.84. The maximum atomic E-state index is 12.6. The maximum absolute atomic E-state index is 12.6. The molecule has 9 nitrogen and oxygen atoms in total. The zero-order chi connectivity index (χ0) is 19.3. The van der Waals surface area contributed by atoms with Gasteiger partial charge in [-0.2, -0.15) is 10.1 Å². The van der Waals surface area contributed by atoms with Gasteiger partial charge in [0.25, 0.3) is 11.8 Å². The van der Waals surface area contributed by atoms with Crippen molar-refractivity contribution >= 4 is 23.7 Å². The van der Waals surface area contributed by atoms with Gasteiger partial charge in [-0.05, 0) is 31.2 Å². The largest absolute Gasteiger partial charge is 0.500 e. The molecule has 0 radical (unpaired) electrons. The monoisotopic (exact) mass is 371 g/mol. The molecule has 1 N–H and O–H groups in total. The summed E-state index contributed by atoms with van der Waals surface area (Å²) in [5, 5.41) is 25.9. The van der Waals surface area contributed by atoms with Crippen molar-refractivity contribution < 1.29 is 24.4 Å². The number of phenols is 1. The number of fused-ring (bicyclic) bond motifs is 5. The van der Waals surface area contributed by atoms with E-state index in [1.807, 2.05) is 12.2 Å². The fourth-order valence-electron chi connectivity index (χ4n) is 4.22. The number of allylic oxidation sites excluding steroid dienone is 2. The van der Waals surface area contributed by atoms with Crippen molar-refractivity contribution in [2.45, 2.75) is 13.3 Å². The highest BCUT2D eigenvalue weighted by atomic mass is 16.6. The van der Waals surface area contributed by atoms with Crippen LogP contribution in [0.1, 0.15) is 18.9 Å². The van der Waals surface area contributed by atoms with Crippen LogP contribution in [0.2, 0.25) is 0 Å². The van der Waals surface area contributed by atoms with Crippen molar-refractivity contribution in [3.05, 3.63) is 40.0 Å². The molecule has 2 aliphatic carbocycles. The molecule has 1 saturated carbocycles. The second kappa shape index (κ2) is 6.19. The topological polar surface area (TPSA) is 122 Å². The van der Waals surface area contributed by atoms with Crippen molar-refractivity contribution in [2.24, 2.45) is 28.8 Å². The minimum absolute atomic E-state index is 0.0636. The van der Waals surface area contributed by atoms with E-state index in [1.54, 1.807) is 6.92 Å². The van der Waals surface area contributed by atoms with Crippen molar-refractivity contribution in [2.75, 3.05) is 6.61 Å². The van der Waals surface area contributed by atoms with Gasteiger partial charge in [-0.25, -0.2) is 0 Å². The number of rotatable bonds is 5. The molecule has 140 valence electrons. The van der Waals surface area contributed by atoms with Crippen LogP contribution in [0.25, 0.3) is 0 Å². The van der Waals surface area contributed by atoms with Gasteiger partial charge in [0.05, 0.1) is 29.6 Å². The molecule has 2 amide bonds. The number of hydrogen-bond acceptors (Lipinski definition) is 7. The Kier molecular flexibility index (Phi) is 3.94. The average Bonchev–Trinajstić information content (AvgIpc) is 3.30. The van der Waals surface area contributed by atoms with E-state index in [9.17, 15) is 24.8 Å². The van der Waals surface area contributed by atoms with Crippen LogP contribution in [-0.4, -0.2) is 39.7 Å². The minimum Gasteiger partial charge on any atom is -0.500 e. The number of hydrazone groups is 1. The Labute approximate surface area is 154 Å². The number of carbonyl (C=O) groups excluding carboxylic acids is 2. The molecule has 4 rings (SSSR count). The number of nitrogens with zero attached hydrogens (tertiary/aromatic N) is 3. The lowest BCUT2D eigenvalue weighted by Crippen LogP contribution is -2.28. The number of ether oxygens (including phenoxy) is 1. The molecule has 3 aliphatic rings. The van der Waals surface area contributed by atoms with Gasteiger partial charge >= 0.3 is 5.69 Å². The van der Waals surface area contributed by atoms with Crippen LogP contribution in [-0.2, 0) is 9.59 Å². The SMILES string of the molecule is CCOc1cc(C=NN2C(=O)C3C4C=CC(C4)C3C2=O)cc([N+](=O)[O-])c1O. The number of imide groups is 1. The Bertz CT molecular complexity index is 879. The highest BCUT2D eigenvalue weighted by molar-refractivity contribution is 6.06. The first-order valence-electron chi connectivity index (χ1n) is 8.66. The third-order valence-electron chi connectivity index (χ3n) is 5.34. The van der Waals surface area contributed by atoms with Gasteiger partial charge in [0, 0.05) is 11.6 Å². The fraction of sp³-hybridized carbons (Fsp3) is 0.389. The molecule has 1 saturated heterocycles. The van der Waals surface area contributed by atoms with Crippen LogP contribution < -0.4 is 4.74 Å². The van der Waals surface area contributed by atoms with E-state index < -0.39 is 16.4 Å². The van der Waals surface area contributed by atoms with Gasteiger partial charge in [0.15, 0.2) is 5.75 Å². The summed E-state index contributed by atoms with van der Waals surface area (Å²) in [6.45, 7) is 1.88. The molecular formula is C18H17N3O6. The van der Waals surface area contributed by atoms with Gasteiger partial charge < -0.3 is 9.84 Å². The molecule has 1 aromatic carbocycles. The molecule has 1 heterocycles. The summed E-state index contributed by atoms with van der Waals surface area (Å²) in [4.78, 5) is 35.6. The van der Waals surface area contributed by atoms with Crippen LogP contribution >= 0.6 is 0 Å². The van der Waals surface area contributed by atoms with Crippen LogP contribution in [0.5, 0.6) is 11.5 Å². The highest BCUT2D eigenvalue weighted by Gasteiger charge is 2.59. The van der Waals surface area contributed by atoms with Crippen molar-refractivity contribution in [1.82, 2.24) is 5.01 Å². The van der Waals surface area contributed by atoms with E-state index in [1.165, 1.54) is 12.3 Å². The molecule has 2 bridgehead atoms. The normalized spacial score (nSPS) is 28.4. The van der Waals surface area contributed by atoms with Crippen LogP contribution in [0.3, 0.4) is 0 Å². The predicted molar refractivity (Wildman–Crippen MR) is 93.1 cm³/mol. The van der Waals surface area contributed by atoms with E-state index in [2.05, 4.69) is 5.10 Å². The number of hydrogen-bond donors (Lipinski definition) is 1. The summed E-state index contributed by atoms with van der Waals surface area (Å²) in [6.07, 6.45) is 6.00. The van der Waals surface area contributed by atoms with E-state index in [0.717, 1.165) is 17.5 Å². The third kappa shape index (κ3) is 2.57. The summed E-state index contributed by atoms with van der Waals surface area (Å²) < 4.78 is 5.21. The van der Waals surface area contributed by atoms with Crippen molar-refractivity contribution in [3.63, 3.8) is 0 Å². The summed E-state index contributed by atoms with van der Waals surface area (Å²) in [5.41, 5.74) is -0.303. The molecule has 0 aromatic heterocycles. The smallest absolute Gasteiger partial charge is 0.315 e. The molecule has 4 unspecified atom stereocenters. The lowest BCUT2D eigenvalue weighted by atomic mass is 9.85. The highest BCUT2D eigenvalue weighted by Crippen LogP contribution is 2.52. The number of phenolic OH excluding ortho intramolecular Hbond substituents is 1. The molecule has 1 aliphatic heterocycles. The van der Waals surface area contributed by atoms with Crippen molar-refractivity contribution in [1.29, 1.82) is 0 Å². The third-order valence-corrected chi connectivity index (χ3v) is 5.34. The maximum Gasteiger partial charge on any atom is 0.315 e. The van der Waals surface area contributed by atoms with Crippen LogP contribution in [0.15, 0.2) is 29.4 Å². The van der Waals surface area contributed by atoms with E-state index in [-0.39, 0.29) is 53.4 Å². The second-order valence-corrected chi connectivity index (χ2v) is 6.81. The number of benzene rings is 1. The summed E-state index contributed by atoms with van der Waals surface area (Å²) >= 11 is 0. The average molecular weight is 371 g/mol. The molecule has 1 aromatic rings. The Morgan fingerprint density at radius 1 is 1.30 bits per heavy atom. The number of nitro benzene ring substituents is 1. The summed E-state index contributed by atoms with van der Waals surface area (Å²) in [7, 11) is 0. The molecule has 4 atom stereocenters. The Morgan fingerprint density at radius 3 is 2.48 bits per heavy atom. The zero-order valence-electron chi connectivity index (χ0n) is 14.4. The molecule has 9 heteroatoms. The van der Waals surface area contributed by atoms with E-state index in [0.29, 0.717) is 0 Å². The fourth-order valence-corrected chi connectivity index (χ4v) is 4.22. The number of amides is 2. The summed E-state index contributed by atoms with van der Waals surface area (Å²) in [6, 6.07) is 2.48. The Balaban J connectivity index is 1.63. The zero-order valence-corrected chi connectivity index (χ0v) is 14.4. The number of aromatic hydroxyl groups is 1. The lowest BCUT2D eigenvalue weighted by Gasteiger charge is -2.13. The van der Waals surface area contributed by atoms with Gasteiger partial charge in [-0.3, -0.25) is 19.7 Å². The van der Waals surface area contributed by atoms with Gasteiger partial charge in [0.1, 0.15) is 0 Å².